The van der Waals surface area contributed by atoms with Crippen LogP contribution in [-0.4, -0.2) is 6.54 Å². The predicted molar refractivity (Wildman–Crippen MR) is 87.4 cm³/mol. The molecule has 0 aliphatic carbocycles. The molecule has 0 fully saturated rings. The third-order valence-corrected chi connectivity index (χ3v) is 5.33. The van der Waals surface area contributed by atoms with E-state index in [4.69, 9.17) is 4.74 Å². The van der Waals surface area contributed by atoms with E-state index in [1.165, 1.54) is 10.9 Å². The summed E-state index contributed by atoms with van der Waals surface area (Å²) >= 11 is 5.18. The zero-order valence-corrected chi connectivity index (χ0v) is 14.1. The fourth-order valence-electron chi connectivity index (χ4n) is 2.63. The van der Waals surface area contributed by atoms with Crippen LogP contribution in [0.25, 0.3) is 0 Å². The molecule has 5 heteroatoms. The summed E-state index contributed by atoms with van der Waals surface area (Å²) in [6.45, 7) is 3.05. The third kappa shape index (κ3) is 3.30. The molecule has 1 N–H and O–H groups in total. The molecule has 21 heavy (non-hydrogen) atoms. The van der Waals surface area contributed by atoms with E-state index in [1.54, 1.807) is 23.5 Å². The standard InChI is InChI=1S/C16H17BrFNOS/c1-2-7-19-12-9-14(15-5-6-16(17)21-15)20-13-4-3-10(18)8-11(12)13/h3-6,8,12,14,19H,2,7,9H2,1H3. The van der Waals surface area contributed by atoms with Gasteiger partial charge in [0.05, 0.1) is 3.79 Å². The van der Waals surface area contributed by atoms with Crippen LogP contribution in [0.4, 0.5) is 4.39 Å². The quantitative estimate of drug-likeness (QED) is 0.797. The number of benzene rings is 1. The summed E-state index contributed by atoms with van der Waals surface area (Å²) in [5.41, 5.74) is 0.926. The average molecular weight is 370 g/mol. The lowest BCUT2D eigenvalue weighted by atomic mass is 9.95. The van der Waals surface area contributed by atoms with E-state index in [1.807, 2.05) is 6.07 Å². The minimum absolute atomic E-state index is 0.0219. The van der Waals surface area contributed by atoms with Crippen molar-refractivity contribution < 1.29 is 9.13 Å². The number of fused-ring (bicyclic) bond motifs is 1. The van der Waals surface area contributed by atoms with E-state index >= 15 is 0 Å². The molecule has 0 spiro atoms. The molecule has 1 aliphatic heterocycles. The van der Waals surface area contributed by atoms with Gasteiger partial charge in [-0.15, -0.1) is 11.3 Å². The molecule has 2 nitrogen and oxygen atoms in total. The molecule has 2 atom stereocenters. The Hall–Kier alpha value is -0.910. The van der Waals surface area contributed by atoms with Crippen molar-refractivity contribution in [2.75, 3.05) is 6.54 Å². The van der Waals surface area contributed by atoms with Crippen LogP contribution in [0.15, 0.2) is 34.1 Å². The van der Waals surface area contributed by atoms with Gasteiger partial charge in [-0.05, 0) is 59.2 Å². The highest BCUT2D eigenvalue weighted by molar-refractivity contribution is 9.11. The molecular weight excluding hydrogens is 353 g/mol. The summed E-state index contributed by atoms with van der Waals surface area (Å²) in [6, 6.07) is 9.05. The lowest BCUT2D eigenvalue weighted by molar-refractivity contribution is 0.154. The number of hydrogen-bond acceptors (Lipinski definition) is 3. The Morgan fingerprint density at radius 3 is 2.95 bits per heavy atom. The maximum atomic E-state index is 13.5. The highest BCUT2D eigenvalue weighted by Gasteiger charge is 2.30. The number of halogens is 2. The van der Waals surface area contributed by atoms with Gasteiger partial charge < -0.3 is 10.1 Å². The monoisotopic (exact) mass is 369 g/mol. The largest absolute Gasteiger partial charge is 0.484 e. The molecule has 0 saturated heterocycles. The molecule has 0 amide bonds. The molecule has 1 aromatic carbocycles. The van der Waals surface area contributed by atoms with Gasteiger partial charge in [-0.3, -0.25) is 0 Å². The van der Waals surface area contributed by atoms with Crippen molar-refractivity contribution in [1.82, 2.24) is 5.32 Å². The van der Waals surface area contributed by atoms with Gasteiger partial charge in [0, 0.05) is 22.9 Å². The van der Waals surface area contributed by atoms with Crippen molar-refractivity contribution in [1.29, 1.82) is 0 Å². The van der Waals surface area contributed by atoms with Gasteiger partial charge in [0.1, 0.15) is 17.7 Å². The molecule has 2 unspecified atom stereocenters. The number of rotatable bonds is 4. The molecule has 0 radical (unpaired) electrons. The van der Waals surface area contributed by atoms with Crippen molar-refractivity contribution in [2.24, 2.45) is 0 Å². The molecule has 0 bridgehead atoms. The van der Waals surface area contributed by atoms with E-state index < -0.39 is 0 Å². The minimum Gasteiger partial charge on any atom is -0.484 e. The first kappa shape index (κ1) is 15.0. The third-order valence-electron chi connectivity index (χ3n) is 3.62. The smallest absolute Gasteiger partial charge is 0.135 e. The normalized spacial score (nSPS) is 20.9. The topological polar surface area (TPSA) is 21.3 Å². The first-order valence-electron chi connectivity index (χ1n) is 7.12. The number of hydrogen-bond donors (Lipinski definition) is 1. The highest BCUT2D eigenvalue weighted by atomic mass is 79.9. The summed E-state index contributed by atoms with van der Waals surface area (Å²) in [6.07, 6.45) is 1.90. The highest BCUT2D eigenvalue weighted by Crippen LogP contribution is 2.43. The van der Waals surface area contributed by atoms with Crippen LogP contribution in [0.2, 0.25) is 0 Å². The lowest BCUT2D eigenvalue weighted by Gasteiger charge is -2.32. The lowest BCUT2D eigenvalue weighted by Crippen LogP contribution is -2.29. The molecule has 2 heterocycles. The van der Waals surface area contributed by atoms with Crippen molar-refractivity contribution in [3.63, 3.8) is 0 Å². The van der Waals surface area contributed by atoms with Crippen LogP contribution in [0.1, 0.15) is 42.4 Å². The maximum absolute atomic E-state index is 13.5. The summed E-state index contributed by atoms with van der Waals surface area (Å²) in [4.78, 5) is 1.19. The average Bonchev–Trinajstić information content (AvgIpc) is 2.91. The van der Waals surface area contributed by atoms with Crippen molar-refractivity contribution in [3.8, 4) is 5.75 Å². The number of nitrogens with one attached hydrogen (secondary N) is 1. The van der Waals surface area contributed by atoms with Crippen LogP contribution >= 0.6 is 27.3 Å². The Morgan fingerprint density at radius 2 is 2.24 bits per heavy atom. The number of thiophene rings is 1. The van der Waals surface area contributed by atoms with Gasteiger partial charge in [-0.2, -0.15) is 0 Å². The molecule has 3 rings (SSSR count). The Bertz CT molecular complexity index is 630. The first-order valence-corrected chi connectivity index (χ1v) is 8.73. The molecule has 112 valence electrons. The van der Waals surface area contributed by atoms with E-state index in [9.17, 15) is 4.39 Å². The van der Waals surface area contributed by atoms with E-state index in [0.29, 0.717) is 0 Å². The van der Waals surface area contributed by atoms with Gasteiger partial charge in [0.15, 0.2) is 0 Å². The van der Waals surface area contributed by atoms with Crippen molar-refractivity contribution in [3.05, 3.63) is 50.4 Å². The zero-order valence-electron chi connectivity index (χ0n) is 11.7. The Kier molecular flexibility index (Phi) is 4.62. The van der Waals surface area contributed by atoms with Crippen molar-refractivity contribution >= 4 is 27.3 Å². The SMILES string of the molecule is CCCNC1CC(c2ccc(Br)s2)Oc2ccc(F)cc21. The summed E-state index contributed by atoms with van der Waals surface area (Å²) in [7, 11) is 0. The van der Waals surface area contributed by atoms with Gasteiger partial charge in [-0.1, -0.05) is 6.92 Å². The van der Waals surface area contributed by atoms with Gasteiger partial charge in [-0.25, -0.2) is 4.39 Å². The number of ether oxygens (including phenoxy) is 1. The Morgan fingerprint density at radius 1 is 1.38 bits per heavy atom. The van der Waals surface area contributed by atoms with E-state index in [-0.39, 0.29) is 18.0 Å². The van der Waals surface area contributed by atoms with Crippen molar-refractivity contribution in [2.45, 2.75) is 31.9 Å². The molecular formula is C16H17BrFNOS. The first-order chi connectivity index (χ1) is 10.2. The Labute approximate surface area is 136 Å². The minimum atomic E-state index is -0.210. The zero-order chi connectivity index (χ0) is 14.8. The summed E-state index contributed by atoms with van der Waals surface area (Å²) in [5, 5.41) is 3.51. The van der Waals surface area contributed by atoms with Crippen LogP contribution < -0.4 is 10.1 Å². The maximum Gasteiger partial charge on any atom is 0.135 e. The van der Waals surface area contributed by atoms with E-state index in [0.717, 1.165) is 34.5 Å². The predicted octanol–water partition coefficient (Wildman–Crippen LogP) is 5.21. The fraction of sp³-hybridized carbons (Fsp3) is 0.375. The summed E-state index contributed by atoms with van der Waals surface area (Å²) < 4.78 is 20.7. The van der Waals surface area contributed by atoms with Crippen LogP contribution in [0, 0.1) is 5.82 Å². The van der Waals surface area contributed by atoms with Gasteiger partial charge >= 0.3 is 0 Å². The molecule has 0 saturated carbocycles. The second-order valence-electron chi connectivity index (χ2n) is 5.17. The summed E-state index contributed by atoms with van der Waals surface area (Å²) in [5.74, 6) is 0.573. The Balaban J connectivity index is 1.90. The van der Waals surface area contributed by atoms with Gasteiger partial charge in [0.25, 0.3) is 0 Å². The second-order valence-corrected chi connectivity index (χ2v) is 7.67. The fourth-order valence-corrected chi connectivity index (χ4v) is 4.09. The van der Waals surface area contributed by atoms with Crippen LogP contribution in [0.3, 0.4) is 0 Å². The van der Waals surface area contributed by atoms with Gasteiger partial charge in [0.2, 0.25) is 0 Å². The molecule has 1 aromatic heterocycles. The molecule has 2 aromatic rings. The van der Waals surface area contributed by atoms with Crippen LogP contribution in [-0.2, 0) is 0 Å². The van der Waals surface area contributed by atoms with Crippen LogP contribution in [0.5, 0.6) is 5.75 Å². The molecule has 1 aliphatic rings. The second kappa shape index (κ2) is 6.46. The van der Waals surface area contributed by atoms with E-state index in [2.05, 4.69) is 34.2 Å².